The molecule has 0 unspecified atom stereocenters. The highest BCUT2D eigenvalue weighted by Crippen LogP contribution is 2.42. The minimum Gasteiger partial charge on any atom is -0.455 e. The number of fused-ring (bicyclic) bond motifs is 1. The zero-order valence-corrected chi connectivity index (χ0v) is 43.6. The quantitative estimate of drug-likeness (QED) is 0.0608. The first-order chi connectivity index (χ1) is 36.0. The van der Waals surface area contributed by atoms with E-state index in [1.807, 2.05) is 43.9 Å². The summed E-state index contributed by atoms with van der Waals surface area (Å²) in [7, 11) is -2.95. The first-order valence-corrected chi connectivity index (χ1v) is 27.1. The number of pyridine rings is 1. The second-order valence-electron chi connectivity index (χ2n) is 20.5. The first-order valence-electron chi connectivity index (χ1n) is 25.6. The summed E-state index contributed by atoms with van der Waals surface area (Å²) >= 11 is 0. The smallest absolute Gasteiger partial charge is 0.410 e. The van der Waals surface area contributed by atoms with Gasteiger partial charge in [0.15, 0.2) is 0 Å². The number of rotatable bonds is 16. The van der Waals surface area contributed by atoms with E-state index < -0.39 is 43.1 Å². The van der Waals surface area contributed by atoms with Crippen molar-refractivity contribution in [1.82, 2.24) is 24.5 Å². The normalized spacial score (nSPS) is 16.7. The fourth-order valence-electron chi connectivity index (χ4n) is 10.2. The number of sulfonamides is 1. The molecule has 0 spiro atoms. The lowest BCUT2D eigenvalue weighted by atomic mass is 9.84. The van der Waals surface area contributed by atoms with E-state index in [1.54, 1.807) is 31.4 Å². The molecule has 1 atom stereocenters. The summed E-state index contributed by atoms with van der Waals surface area (Å²) in [5.74, 6) is -0.0307. The van der Waals surface area contributed by atoms with E-state index in [4.69, 9.17) is 14.2 Å². The summed E-state index contributed by atoms with van der Waals surface area (Å²) in [6.45, 7) is 9.61. The van der Waals surface area contributed by atoms with Gasteiger partial charge in [-0.3, -0.25) is 19.7 Å². The van der Waals surface area contributed by atoms with Crippen LogP contribution in [-0.4, -0.2) is 110 Å². The minimum absolute atomic E-state index is 0.0362. The average Bonchev–Trinajstić information content (AvgIpc) is 4.10. The Balaban J connectivity index is 0.899. The largest absolute Gasteiger partial charge is 0.455 e. The van der Waals surface area contributed by atoms with Crippen LogP contribution in [0.15, 0.2) is 114 Å². The number of anilines is 2. The zero-order chi connectivity index (χ0) is 52.9. The van der Waals surface area contributed by atoms with Gasteiger partial charge in [-0.15, -0.1) is 0 Å². The number of aromatic amines is 1. The highest BCUT2D eigenvalue weighted by molar-refractivity contribution is 7.90. The molecule has 0 aliphatic carbocycles. The van der Waals surface area contributed by atoms with Gasteiger partial charge >= 0.3 is 6.09 Å². The van der Waals surface area contributed by atoms with Crippen LogP contribution in [0.2, 0.25) is 0 Å². The molecule has 4 aromatic carbocycles. The van der Waals surface area contributed by atoms with Crippen molar-refractivity contribution in [2.45, 2.75) is 88.2 Å². The van der Waals surface area contributed by atoms with Gasteiger partial charge in [0.1, 0.15) is 28.4 Å². The number of benzene rings is 4. The van der Waals surface area contributed by atoms with E-state index in [9.17, 15) is 32.9 Å². The predicted octanol–water partition coefficient (Wildman–Crippen LogP) is 10.2. The van der Waals surface area contributed by atoms with Gasteiger partial charge in [-0.25, -0.2) is 22.9 Å². The number of hydrogen-bond acceptors (Lipinski definition) is 13. The minimum atomic E-state index is -4.60. The number of H-pyrrole nitrogens is 1. The number of carbonyl (C=O) groups excluding carboxylic acids is 3. The summed E-state index contributed by atoms with van der Waals surface area (Å²) in [5, 5.41) is 16.0. The number of carbonyl (C=O) groups is 3. The molecule has 18 nitrogen and oxygen atoms in total. The number of likely N-dealkylation sites (tertiary alicyclic amines) is 1. The number of nitro benzene ring substituents is 1. The number of aromatic nitrogens is 2. The van der Waals surface area contributed by atoms with E-state index >= 15 is 0 Å². The van der Waals surface area contributed by atoms with Crippen molar-refractivity contribution in [3.8, 4) is 22.6 Å². The predicted molar refractivity (Wildman–Crippen MR) is 286 cm³/mol. The standard InChI is InChI=1S/C56H64N8O10S/c1-56(2,3)74-55(67)61(4)27-22-52(65)62-28-20-39(21-29-62)45-8-5-6-9-46(45)49-10-7-26-63(49)42-14-11-38(12-15-42)40-13-17-47(51(33-40)73-43-32-41-19-25-57-53(41)59-36-43)54(66)60-75(70,71)44-16-18-48(50(34-44)64(68)69)58-35-37-23-30-72-31-24-37/h5-6,8-9,11-19,25,32-34,36-37,39,49,58H,7,10,20-24,26-31,35H2,1-4H3,(H,57,59)(H,60,66)/t49-/m1/s1. The van der Waals surface area contributed by atoms with Crippen molar-refractivity contribution in [2.24, 2.45) is 5.92 Å². The molecule has 75 heavy (non-hydrogen) atoms. The van der Waals surface area contributed by atoms with Crippen LogP contribution < -0.4 is 19.7 Å². The van der Waals surface area contributed by atoms with Gasteiger partial charge in [0.2, 0.25) is 5.91 Å². The lowest BCUT2D eigenvalue weighted by Gasteiger charge is -2.35. The van der Waals surface area contributed by atoms with E-state index in [2.05, 4.69) is 61.3 Å². The van der Waals surface area contributed by atoms with Crippen LogP contribution in [0, 0.1) is 16.0 Å². The summed E-state index contributed by atoms with van der Waals surface area (Å²) in [5.41, 5.74) is 4.87. The summed E-state index contributed by atoms with van der Waals surface area (Å²) in [6, 6.07) is 29.0. The topological polar surface area (TPSA) is 219 Å². The summed E-state index contributed by atoms with van der Waals surface area (Å²) < 4.78 is 46.9. The molecule has 0 saturated carbocycles. The maximum atomic E-state index is 14.0. The number of nitro groups is 1. The number of nitrogens with zero attached hydrogens (tertiary/aromatic N) is 5. The van der Waals surface area contributed by atoms with Crippen LogP contribution >= 0.6 is 0 Å². The second-order valence-corrected chi connectivity index (χ2v) is 22.2. The Labute approximate surface area is 436 Å². The molecule has 3 aliphatic heterocycles. The number of nitrogens with one attached hydrogen (secondary N) is 3. The van der Waals surface area contributed by atoms with Gasteiger partial charge in [0.25, 0.3) is 21.6 Å². The van der Waals surface area contributed by atoms with Crippen LogP contribution in [0.4, 0.5) is 21.9 Å². The van der Waals surface area contributed by atoms with Crippen LogP contribution in [0.3, 0.4) is 0 Å². The molecule has 3 saturated heterocycles. The number of hydrogen-bond donors (Lipinski definition) is 3. The summed E-state index contributed by atoms with van der Waals surface area (Å²) in [4.78, 5) is 64.1. The molecule has 5 heterocycles. The van der Waals surface area contributed by atoms with Gasteiger partial charge in [-0.05, 0) is 142 Å². The lowest BCUT2D eigenvalue weighted by molar-refractivity contribution is -0.384. The second kappa shape index (κ2) is 22.5. The maximum absolute atomic E-state index is 14.0. The van der Waals surface area contributed by atoms with Gasteiger partial charge in [0.05, 0.1) is 27.6 Å². The molecule has 394 valence electrons. The Morgan fingerprint density at radius 2 is 1.63 bits per heavy atom. The number of piperidine rings is 1. The highest BCUT2D eigenvalue weighted by Gasteiger charge is 2.33. The molecular weight excluding hydrogens is 977 g/mol. The Hall–Kier alpha value is -7.51. The molecule has 9 rings (SSSR count). The zero-order valence-electron chi connectivity index (χ0n) is 42.8. The third-order valence-corrected chi connectivity index (χ3v) is 15.6. The van der Waals surface area contributed by atoms with Crippen LogP contribution in [-0.2, 0) is 24.3 Å². The maximum Gasteiger partial charge on any atom is 0.410 e. The molecule has 19 heteroatoms. The lowest BCUT2D eigenvalue weighted by Crippen LogP contribution is -2.41. The molecular formula is C56H64N8O10S. The van der Waals surface area contributed by atoms with E-state index in [0.29, 0.717) is 62.3 Å². The van der Waals surface area contributed by atoms with E-state index in [0.717, 1.165) is 67.8 Å². The molecule has 3 aliphatic rings. The fraction of sp³-hybridized carbons (Fsp3) is 0.393. The van der Waals surface area contributed by atoms with Crippen molar-refractivity contribution in [1.29, 1.82) is 0 Å². The van der Waals surface area contributed by atoms with Gasteiger partial charge in [-0.1, -0.05) is 42.5 Å². The van der Waals surface area contributed by atoms with Crippen molar-refractivity contribution in [3.05, 3.63) is 136 Å². The summed E-state index contributed by atoms with van der Waals surface area (Å²) in [6.07, 6.45) is 8.36. The van der Waals surface area contributed by atoms with Crippen molar-refractivity contribution >= 4 is 56.0 Å². The molecule has 3 amide bonds. The van der Waals surface area contributed by atoms with Gasteiger partial charge < -0.3 is 39.2 Å². The molecule has 3 N–H and O–H groups in total. The first kappa shape index (κ1) is 52.4. The van der Waals surface area contributed by atoms with Crippen molar-refractivity contribution in [2.75, 3.05) is 63.2 Å². The van der Waals surface area contributed by atoms with Crippen molar-refractivity contribution < 1.29 is 41.9 Å². The number of ether oxygens (including phenoxy) is 3. The monoisotopic (exact) mass is 1040 g/mol. The van der Waals surface area contributed by atoms with E-state index in [-0.39, 0.29) is 41.3 Å². The molecule has 0 bridgehead atoms. The third-order valence-electron chi connectivity index (χ3n) is 14.2. The Morgan fingerprint density at radius 3 is 2.36 bits per heavy atom. The Kier molecular flexibility index (Phi) is 15.7. The molecule has 0 radical (unpaired) electrons. The fourth-order valence-corrected chi connectivity index (χ4v) is 11.2. The van der Waals surface area contributed by atoms with Crippen LogP contribution in [0.1, 0.15) is 99.2 Å². The SMILES string of the molecule is CN(CCC(=O)N1CCC(c2ccccc2[C@H]2CCCN2c2ccc(-c3ccc(C(=O)NS(=O)(=O)c4ccc(NCC5CCOCC5)c([N+](=O)[O-])c4)c(Oc4cnc5[nH]ccc5c4)c3)cc2)CC1)C(=O)OC(C)(C)C. The average molecular weight is 1040 g/mol. The van der Waals surface area contributed by atoms with Gasteiger partial charge in [-0.2, -0.15) is 0 Å². The van der Waals surface area contributed by atoms with E-state index in [1.165, 1.54) is 40.4 Å². The molecule has 3 fully saturated rings. The third kappa shape index (κ3) is 12.5. The van der Waals surface area contributed by atoms with Crippen molar-refractivity contribution in [3.63, 3.8) is 0 Å². The molecule has 2 aromatic heterocycles. The number of amides is 3. The Morgan fingerprint density at radius 1 is 0.893 bits per heavy atom. The van der Waals surface area contributed by atoms with Gasteiger partial charge in [0, 0.05) is 82.7 Å². The highest BCUT2D eigenvalue weighted by atomic mass is 32.2. The Bertz CT molecular complexity index is 3160. The van der Waals surface area contributed by atoms with Crippen LogP contribution in [0.5, 0.6) is 11.5 Å². The molecule has 6 aromatic rings. The van der Waals surface area contributed by atoms with Crippen LogP contribution in [0.25, 0.3) is 22.2 Å².